The van der Waals surface area contributed by atoms with Crippen LogP contribution in [0.2, 0.25) is 0 Å². The number of fused-ring (bicyclic) bond motifs is 1. The van der Waals surface area contributed by atoms with Crippen molar-refractivity contribution in [3.05, 3.63) is 29.6 Å². The average molecular weight is 222 g/mol. The summed E-state index contributed by atoms with van der Waals surface area (Å²) >= 11 is 0. The van der Waals surface area contributed by atoms with Gasteiger partial charge in [0.2, 0.25) is 0 Å². The van der Waals surface area contributed by atoms with Crippen LogP contribution in [0.15, 0.2) is 18.3 Å². The smallest absolute Gasteiger partial charge is 0.131 e. The first-order chi connectivity index (χ1) is 7.71. The number of hydrogen-bond acceptors (Lipinski definition) is 2. The molecule has 0 aliphatic heterocycles. The minimum Gasteiger partial charge on any atom is -0.328 e. The molecule has 0 radical (unpaired) electrons. The third kappa shape index (κ3) is 1.84. The minimum absolute atomic E-state index is 0.0987. The maximum absolute atomic E-state index is 14.7. The quantitative estimate of drug-likeness (QED) is 0.850. The summed E-state index contributed by atoms with van der Waals surface area (Å²) in [4.78, 5) is 4.34. The standard InChI is InChI=1S/C13H19FN2/c1-2-7-13(14,9-15)11-6-5-10-4-3-8-16-12(10)11/h3-4,8,11H,2,5-7,9,15H2,1H3. The monoisotopic (exact) mass is 222 g/mol. The number of pyridine rings is 1. The molecule has 1 heterocycles. The molecule has 2 unspecified atom stereocenters. The molecule has 1 aliphatic carbocycles. The summed E-state index contributed by atoms with van der Waals surface area (Å²) in [6.45, 7) is 2.10. The summed E-state index contributed by atoms with van der Waals surface area (Å²) < 4.78 is 14.7. The van der Waals surface area contributed by atoms with Crippen LogP contribution in [0, 0.1) is 0 Å². The molecular formula is C13H19FN2. The molecular weight excluding hydrogens is 203 g/mol. The van der Waals surface area contributed by atoms with Crippen molar-refractivity contribution in [2.24, 2.45) is 5.73 Å². The van der Waals surface area contributed by atoms with Gasteiger partial charge in [0.25, 0.3) is 0 Å². The summed E-state index contributed by atoms with van der Waals surface area (Å²) in [5.41, 5.74) is 6.49. The van der Waals surface area contributed by atoms with Gasteiger partial charge in [0.1, 0.15) is 5.67 Å². The van der Waals surface area contributed by atoms with E-state index in [0.717, 1.165) is 25.0 Å². The lowest BCUT2D eigenvalue weighted by Crippen LogP contribution is -2.38. The van der Waals surface area contributed by atoms with E-state index < -0.39 is 5.67 Å². The molecule has 88 valence electrons. The lowest BCUT2D eigenvalue weighted by atomic mass is 9.83. The first-order valence-corrected chi connectivity index (χ1v) is 6.04. The molecule has 0 bridgehead atoms. The molecule has 2 N–H and O–H groups in total. The van der Waals surface area contributed by atoms with E-state index in [1.165, 1.54) is 5.56 Å². The van der Waals surface area contributed by atoms with Gasteiger partial charge in [-0.2, -0.15) is 0 Å². The third-order valence-electron chi connectivity index (χ3n) is 3.59. The number of halogens is 1. The molecule has 2 rings (SSSR count). The molecule has 0 saturated heterocycles. The number of hydrogen-bond donors (Lipinski definition) is 1. The second-order valence-corrected chi connectivity index (χ2v) is 4.63. The summed E-state index contributed by atoms with van der Waals surface area (Å²) in [6, 6.07) is 3.97. The molecule has 0 fully saturated rings. The second kappa shape index (κ2) is 4.50. The van der Waals surface area contributed by atoms with E-state index in [-0.39, 0.29) is 12.5 Å². The first-order valence-electron chi connectivity index (χ1n) is 6.04. The van der Waals surface area contributed by atoms with Crippen LogP contribution < -0.4 is 5.73 Å². The summed E-state index contributed by atoms with van der Waals surface area (Å²) in [5, 5.41) is 0. The van der Waals surface area contributed by atoms with Gasteiger partial charge in [-0.15, -0.1) is 0 Å². The number of aromatic nitrogens is 1. The van der Waals surface area contributed by atoms with Crippen LogP contribution in [-0.4, -0.2) is 17.2 Å². The molecule has 0 amide bonds. The van der Waals surface area contributed by atoms with Gasteiger partial charge in [-0.25, -0.2) is 4.39 Å². The Hall–Kier alpha value is -0.960. The maximum atomic E-state index is 14.7. The van der Waals surface area contributed by atoms with Gasteiger partial charge in [0, 0.05) is 24.4 Å². The van der Waals surface area contributed by atoms with Crippen molar-refractivity contribution in [3.63, 3.8) is 0 Å². The second-order valence-electron chi connectivity index (χ2n) is 4.63. The van der Waals surface area contributed by atoms with Crippen molar-refractivity contribution >= 4 is 0 Å². The van der Waals surface area contributed by atoms with E-state index in [2.05, 4.69) is 4.98 Å². The molecule has 2 nitrogen and oxygen atoms in total. The fraction of sp³-hybridized carbons (Fsp3) is 0.615. The highest BCUT2D eigenvalue weighted by atomic mass is 19.1. The highest BCUT2D eigenvalue weighted by molar-refractivity contribution is 5.31. The Morgan fingerprint density at radius 2 is 2.44 bits per heavy atom. The van der Waals surface area contributed by atoms with E-state index in [0.29, 0.717) is 6.42 Å². The van der Waals surface area contributed by atoms with E-state index >= 15 is 0 Å². The fourth-order valence-corrected chi connectivity index (χ4v) is 2.75. The maximum Gasteiger partial charge on any atom is 0.131 e. The molecule has 0 aromatic carbocycles. The number of nitrogens with zero attached hydrogens (tertiary/aromatic N) is 1. The van der Waals surface area contributed by atoms with E-state index in [1.54, 1.807) is 6.20 Å². The Kier molecular flexibility index (Phi) is 3.24. The van der Waals surface area contributed by atoms with Crippen LogP contribution in [0.25, 0.3) is 0 Å². The normalized spacial score (nSPS) is 22.8. The topological polar surface area (TPSA) is 38.9 Å². The van der Waals surface area contributed by atoms with Gasteiger partial charge >= 0.3 is 0 Å². The van der Waals surface area contributed by atoms with Crippen LogP contribution >= 0.6 is 0 Å². The van der Waals surface area contributed by atoms with Crippen molar-refractivity contribution in [1.29, 1.82) is 0 Å². The Morgan fingerprint density at radius 1 is 1.62 bits per heavy atom. The predicted octanol–water partition coefficient (Wildman–Crippen LogP) is 2.58. The van der Waals surface area contributed by atoms with Crippen LogP contribution in [0.4, 0.5) is 4.39 Å². The lowest BCUT2D eigenvalue weighted by Gasteiger charge is -2.29. The zero-order valence-electron chi connectivity index (χ0n) is 9.75. The highest BCUT2D eigenvalue weighted by Gasteiger charge is 2.42. The Balaban J connectivity index is 2.29. The molecule has 0 saturated carbocycles. The van der Waals surface area contributed by atoms with Crippen molar-refractivity contribution in [1.82, 2.24) is 4.98 Å². The van der Waals surface area contributed by atoms with Crippen molar-refractivity contribution in [3.8, 4) is 0 Å². The number of rotatable bonds is 4. The average Bonchev–Trinajstić information content (AvgIpc) is 2.73. The van der Waals surface area contributed by atoms with Crippen molar-refractivity contribution in [2.45, 2.75) is 44.2 Å². The molecule has 1 aliphatic rings. The highest BCUT2D eigenvalue weighted by Crippen LogP contribution is 2.43. The van der Waals surface area contributed by atoms with E-state index in [9.17, 15) is 4.39 Å². The van der Waals surface area contributed by atoms with Crippen LogP contribution in [-0.2, 0) is 6.42 Å². The number of nitrogens with two attached hydrogens (primary N) is 1. The number of alkyl halides is 1. The molecule has 16 heavy (non-hydrogen) atoms. The Labute approximate surface area is 96.1 Å². The predicted molar refractivity (Wildman–Crippen MR) is 63.1 cm³/mol. The summed E-state index contributed by atoms with van der Waals surface area (Å²) in [5.74, 6) is -0.103. The van der Waals surface area contributed by atoms with Crippen LogP contribution in [0.1, 0.15) is 43.4 Å². The zero-order valence-corrected chi connectivity index (χ0v) is 9.75. The molecule has 3 heteroatoms. The van der Waals surface area contributed by atoms with Gasteiger partial charge in [0.15, 0.2) is 0 Å². The zero-order chi connectivity index (χ0) is 11.6. The largest absolute Gasteiger partial charge is 0.328 e. The van der Waals surface area contributed by atoms with Gasteiger partial charge in [-0.05, 0) is 30.9 Å². The molecule has 0 spiro atoms. The lowest BCUT2D eigenvalue weighted by molar-refractivity contribution is 0.117. The van der Waals surface area contributed by atoms with Crippen molar-refractivity contribution in [2.75, 3.05) is 6.54 Å². The van der Waals surface area contributed by atoms with Gasteiger partial charge in [0.05, 0.1) is 0 Å². The van der Waals surface area contributed by atoms with Gasteiger partial charge in [-0.1, -0.05) is 19.4 Å². The van der Waals surface area contributed by atoms with Crippen molar-refractivity contribution < 1.29 is 4.39 Å². The van der Waals surface area contributed by atoms with Gasteiger partial charge < -0.3 is 5.73 Å². The first kappa shape index (κ1) is 11.5. The Morgan fingerprint density at radius 3 is 3.12 bits per heavy atom. The van der Waals surface area contributed by atoms with Crippen LogP contribution in [0.3, 0.4) is 0 Å². The molecule has 1 aromatic rings. The number of aryl methyl sites for hydroxylation is 1. The summed E-state index contributed by atoms with van der Waals surface area (Å²) in [6.07, 6.45) is 4.89. The molecule has 2 atom stereocenters. The van der Waals surface area contributed by atoms with E-state index in [4.69, 9.17) is 5.73 Å². The van der Waals surface area contributed by atoms with Crippen LogP contribution in [0.5, 0.6) is 0 Å². The molecule has 1 aromatic heterocycles. The summed E-state index contributed by atoms with van der Waals surface area (Å²) in [7, 11) is 0. The minimum atomic E-state index is -1.27. The Bertz CT molecular complexity index is 367. The third-order valence-corrected chi connectivity index (χ3v) is 3.59. The fourth-order valence-electron chi connectivity index (χ4n) is 2.75. The SMILES string of the molecule is CCCC(F)(CN)C1CCc2cccnc21. The van der Waals surface area contributed by atoms with Gasteiger partial charge in [-0.3, -0.25) is 4.98 Å². The van der Waals surface area contributed by atoms with E-state index in [1.807, 2.05) is 19.1 Å².